The largest absolute Gasteiger partial charge is 0.489 e. The van der Waals surface area contributed by atoms with Gasteiger partial charge in [0, 0.05) is 31.9 Å². The third kappa shape index (κ3) is 12.9. The van der Waals surface area contributed by atoms with E-state index >= 15 is 0 Å². The number of hydrogen-bond acceptors (Lipinski definition) is 5. The predicted octanol–water partition coefficient (Wildman–Crippen LogP) is 5.47. The standard InChI is InChI=1S/C33H44N4O3/c34-31(24-27-15-17-30(18-16-27)40-26-29-12-8-7-9-13-29)33(39)36-21-11-6-4-2-1-3-5-10-14-32(38)37-25-28-19-22-35-23-20-28/h7-9,12-13,15-20,22-23,31H,1-6,10-11,14,21,24-26,34H2,(H,36,39)(H,37,38)/t31-/m0/s1. The fraction of sp³-hybridized carbons (Fsp3) is 0.424. The van der Waals surface area contributed by atoms with Crippen molar-refractivity contribution in [1.82, 2.24) is 15.6 Å². The maximum Gasteiger partial charge on any atom is 0.237 e. The van der Waals surface area contributed by atoms with Crippen molar-refractivity contribution in [3.63, 3.8) is 0 Å². The van der Waals surface area contributed by atoms with Gasteiger partial charge in [0.25, 0.3) is 0 Å². The number of nitrogens with two attached hydrogens (primary N) is 1. The van der Waals surface area contributed by atoms with Gasteiger partial charge in [-0.2, -0.15) is 0 Å². The minimum Gasteiger partial charge on any atom is -0.489 e. The van der Waals surface area contributed by atoms with E-state index in [0.29, 0.717) is 32.5 Å². The molecular weight excluding hydrogens is 500 g/mol. The lowest BCUT2D eigenvalue weighted by Crippen LogP contribution is -2.42. The summed E-state index contributed by atoms with van der Waals surface area (Å²) in [5.41, 5.74) is 9.34. The van der Waals surface area contributed by atoms with Crippen LogP contribution in [0, 0.1) is 0 Å². The van der Waals surface area contributed by atoms with Crippen molar-refractivity contribution in [3.8, 4) is 5.75 Å². The highest BCUT2D eigenvalue weighted by atomic mass is 16.5. The number of nitrogens with zero attached hydrogens (tertiary/aromatic N) is 1. The number of amides is 2. The molecule has 0 aliphatic heterocycles. The third-order valence-electron chi connectivity index (χ3n) is 6.83. The number of benzene rings is 2. The molecule has 0 fully saturated rings. The van der Waals surface area contributed by atoms with Crippen LogP contribution in [-0.2, 0) is 29.2 Å². The van der Waals surface area contributed by atoms with Crippen LogP contribution < -0.4 is 21.1 Å². The molecule has 2 amide bonds. The molecule has 0 saturated carbocycles. The molecule has 3 rings (SSSR count). The zero-order valence-corrected chi connectivity index (χ0v) is 23.5. The van der Waals surface area contributed by atoms with E-state index in [4.69, 9.17) is 10.5 Å². The number of hydrogen-bond donors (Lipinski definition) is 3. The van der Waals surface area contributed by atoms with Crippen LogP contribution in [0.4, 0.5) is 0 Å². The average Bonchev–Trinajstić information content (AvgIpc) is 2.99. The fourth-order valence-corrected chi connectivity index (χ4v) is 4.41. The minimum absolute atomic E-state index is 0.103. The second-order valence-corrected chi connectivity index (χ2v) is 10.2. The van der Waals surface area contributed by atoms with Gasteiger partial charge in [-0.05, 0) is 60.2 Å². The van der Waals surface area contributed by atoms with Crippen molar-refractivity contribution in [2.75, 3.05) is 6.54 Å². The SMILES string of the molecule is N[C@@H](Cc1ccc(OCc2ccccc2)cc1)C(=O)NCCCCCCCCCCC(=O)NCc1ccncc1. The molecule has 1 aromatic heterocycles. The second-order valence-electron chi connectivity index (χ2n) is 10.2. The van der Waals surface area contributed by atoms with E-state index in [1.165, 1.54) is 12.8 Å². The number of unbranched alkanes of at least 4 members (excludes halogenated alkanes) is 7. The van der Waals surface area contributed by atoms with Crippen LogP contribution >= 0.6 is 0 Å². The van der Waals surface area contributed by atoms with E-state index in [0.717, 1.165) is 61.0 Å². The highest BCUT2D eigenvalue weighted by Crippen LogP contribution is 2.15. The molecule has 214 valence electrons. The molecule has 1 atom stereocenters. The summed E-state index contributed by atoms with van der Waals surface area (Å²) in [7, 11) is 0. The molecule has 0 unspecified atom stereocenters. The van der Waals surface area contributed by atoms with Gasteiger partial charge in [-0.25, -0.2) is 0 Å². The zero-order chi connectivity index (χ0) is 28.3. The molecule has 4 N–H and O–H groups in total. The first-order valence-corrected chi connectivity index (χ1v) is 14.5. The van der Waals surface area contributed by atoms with Gasteiger partial charge in [0.15, 0.2) is 0 Å². The Morgan fingerprint density at radius 1 is 0.725 bits per heavy atom. The smallest absolute Gasteiger partial charge is 0.237 e. The molecule has 0 aliphatic rings. The molecule has 7 heteroatoms. The van der Waals surface area contributed by atoms with Crippen molar-refractivity contribution in [2.45, 2.75) is 83.4 Å². The summed E-state index contributed by atoms with van der Waals surface area (Å²) in [6.45, 7) is 1.75. The molecule has 0 spiro atoms. The number of aromatic nitrogens is 1. The van der Waals surface area contributed by atoms with Gasteiger partial charge in [0.05, 0.1) is 6.04 Å². The Hall–Kier alpha value is -3.71. The number of carbonyl (C=O) groups excluding carboxylic acids is 2. The van der Waals surface area contributed by atoms with Crippen LogP contribution in [0.5, 0.6) is 5.75 Å². The Balaban J connectivity index is 1.13. The van der Waals surface area contributed by atoms with Crippen molar-refractivity contribution >= 4 is 11.8 Å². The van der Waals surface area contributed by atoms with Gasteiger partial charge in [-0.1, -0.05) is 81.0 Å². The summed E-state index contributed by atoms with van der Waals surface area (Å²) < 4.78 is 5.82. The van der Waals surface area contributed by atoms with Gasteiger partial charge in [0.2, 0.25) is 11.8 Å². The maximum absolute atomic E-state index is 12.4. The Kier molecular flexibility index (Phi) is 14.3. The molecule has 7 nitrogen and oxygen atoms in total. The number of carbonyl (C=O) groups is 2. The highest BCUT2D eigenvalue weighted by Gasteiger charge is 2.13. The first-order valence-electron chi connectivity index (χ1n) is 14.5. The Morgan fingerprint density at radius 2 is 1.38 bits per heavy atom. The molecule has 40 heavy (non-hydrogen) atoms. The van der Waals surface area contributed by atoms with Gasteiger partial charge in [0.1, 0.15) is 12.4 Å². The van der Waals surface area contributed by atoms with Crippen LogP contribution in [0.3, 0.4) is 0 Å². The lowest BCUT2D eigenvalue weighted by atomic mass is 10.1. The van der Waals surface area contributed by atoms with Gasteiger partial charge >= 0.3 is 0 Å². The van der Waals surface area contributed by atoms with Crippen LogP contribution in [0.15, 0.2) is 79.1 Å². The molecule has 2 aromatic carbocycles. The Labute approximate surface area is 238 Å². The van der Waals surface area contributed by atoms with Gasteiger partial charge in [-0.3, -0.25) is 14.6 Å². The summed E-state index contributed by atoms with van der Waals surface area (Å²) in [6, 6.07) is 21.1. The summed E-state index contributed by atoms with van der Waals surface area (Å²) in [6.07, 6.45) is 13.3. The topological polar surface area (TPSA) is 106 Å². The van der Waals surface area contributed by atoms with Crippen molar-refractivity contribution in [2.24, 2.45) is 5.73 Å². The summed E-state index contributed by atoms with van der Waals surface area (Å²) >= 11 is 0. The predicted molar refractivity (Wildman–Crippen MR) is 160 cm³/mol. The average molecular weight is 545 g/mol. The summed E-state index contributed by atoms with van der Waals surface area (Å²) in [5, 5.41) is 5.93. The molecule has 1 heterocycles. The van der Waals surface area contributed by atoms with Gasteiger partial charge < -0.3 is 21.1 Å². The molecule has 0 bridgehead atoms. The number of ether oxygens (including phenoxy) is 1. The Bertz CT molecular complexity index is 1110. The van der Waals surface area contributed by atoms with E-state index < -0.39 is 6.04 Å². The zero-order valence-electron chi connectivity index (χ0n) is 23.5. The normalized spacial score (nSPS) is 11.5. The minimum atomic E-state index is -0.561. The van der Waals surface area contributed by atoms with Crippen molar-refractivity contribution in [3.05, 3.63) is 95.8 Å². The van der Waals surface area contributed by atoms with E-state index in [9.17, 15) is 9.59 Å². The monoisotopic (exact) mass is 544 g/mol. The molecular formula is C33H44N4O3. The third-order valence-corrected chi connectivity index (χ3v) is 6.83. The van der Waals surface area contributed by atoms with Crippen LogP contribution in [0.2, 0.25) is 0 Å². The van der Waals surface area contributed by atoms with E-state index in [-0.39, 0.29) is 11.8 Å². The summed E-state index contributed by atoms with van der Waals surface area (Å²) in [5.74, 6) is 0.806. The number of pyridine rings is 1. The highest BCUT2D eigenvalue weighted by molar-refractivity contribution is 5.81. The van der Waals surface area contributed by atoms with E-state index in [2.05, 4.69) is 15.6 Å². The quantitative estimate of drug-likeness (QED) is 0.173. The van der Waals surface area contributed by atoms with E-state index in [1.807, 2.05) is 66.7 Å². The van der Waals surface area contributed by atoms with E-state index in [1.54, 1.807) is 12.4 Å². The molecule has 0 aliphatic carbocycles. The van der Waals surface area contributed by atoms with Crippen molar-refractivity contribution < 1.29 is 14.3 Å². The van der Waals surface area contributed by atoms with Crippen molar-refractivity contribution in [1.29, 1.82) is 0 Å². The van der Waals surface area contributed by atoms with Crippen LogP contribution in [0.1, 0.15) is 74.5 Å². The maximum atomic E-state index is 12.4. The first kappa shape index (κ1) is 30.8. The molecule has 0 saturated heterocycles. The van der Waals surface area contributed by atoms with Crippen LogP contribution in [-0.4, -0.2) is 29.4 Å². The Morgan fingerprint density at radius 3 is 2.08 bits per heavy atom. The number of nitrogens with one attached hydrogen (secondary N) is 2. The fourth-order valence-electron chi connectivity index (χ4n) is 4.41. The van der Waals surface area contributed by atoms with Crippen LogP contribution in [0.25, 0.3) is 0 Å². The van der Waals surface area contributed by atoms with Gasteiger partial charge in [-0.15, -0.1) is 0 Å². The summed E-state index contributed by atoms with van der Waals surface area (Å²) in [4.78, 5) is 28.3. The molecule has 0 radical (unpaired) electrons. The number of rotatable bonds is 19. The second kappa shape index (κ2) is 18.6. The lowest BCUT2D eigenvalue weighted by Gasteiger charge is -2.13. The molecule has 3 aromatic rings. The lowest BCUT2D eigenvalue weighted by molar-refractivity contribution is -0.122. The first-order chi connectivity index (χ1) is 19.6.